The molecule has 33 heavy (non-hydrogen) atoms. The second kappa shape index (κ2) is 10.5. The van der Waals surface area contributed by atoms with Crippen LogP contribution in [0.25, 0.3) is 6.08 Å². The normalized spacial score (nSPS) is 14.1. The lowest BCUT2D eigenvalue weighted by molar-refractivity contribution is -0.129. The largest absolute Gasteiger partial charge is 0.490 e. The predicted octanol–water partition coefficient (Wildman–Crippen LogP) is 5.20. The van der Waals surface area contributed by atoms with E-state index in [-0.39, 0.29) is 5.70 Å². The molecule has 1 aliphatic rings. The Balaban J connectivity index is 1.45. The number of para-hydroxylation sites is 1. The molecule has 3 aromatic rings. The number of nitrogens with zero attached hydrogens (tertiary/aromatic N) is 1. The van der Waals surface area contributed by atoms with Gasteiger partial charge >= 0.3 is 5.97 Å². The Morgan fingerprint density at radius 2 is 1.58 bits per heavy atom. The molecule has 0 fully saturated rings. The molecule has 6 heteroatoms. The van der Waals surface area contributed by atoms with E-state index in [1.54, 1.807) is 6.08 Å². The van der Waals surface area contributed by atoms with E-state index in [1.165, 1.54) is 0 Å². The standard InChI is InChI=1S/C27H25NO5/c1-3-30-25-18-20(17-22-27(29)33-26(28-22)21-10-5-4-6-11-21)13-14-24(25)32-16-15-31-23-12-8-7-9-19(23)2/h4-14,17-18H,3,15-16H2,1-2H3. The highest BCUT2D eigenvalue weighted by Gasteiger charge is 2.24. The summed E-state index contributed by atoms with van der Waals surface area (Å²) in [5.74, 6) is 1.84. The average Bonchev–Trinajstić information content (AvgIpc) is 3.20. The number of carbonyl (C=O) groups excluding carboxylic acids is 1. The fourth-order valence-electron chi connectivity index (χ4n) is 3.29. The highest BCUT2D eigenvalue weighted by Crippen LogP contribution is 2.30. The number of rotatable bonds is 9. The minimum absolute atomic E-state index is 0.233. The van der Waals surface area contributed by atoms with Gasteiger partial charge in [0.2, 0.25) is 5.90 Å². The molecule has 6 nitrogen and oxygen atoms in total. The minimum atomic E-state index is -0.486. The molecule has 0 bridgehead atoms. The van der Waals surface area contributed by atoms with Gasteiger partial charge in [-0.15, -0.1) is 0 Å². The first-order chi connectivity index (χ1) is 16.1. The van der Waals surface area contributed by atoms with Gasteiger partial charge in [-0.3, -0.25) is 0 Å². The van der Waals surface area contributed by atoms with Crippen molar-refractivity contribution in [3.63, 3.8) is 0 Å². The second-order valence-corrected chi connectivity index (χ2v) is 7.30. The van der Waals surface area contributed by atoms with Gasteiger partial charge in [0.15, 0.2) is 17.2 Å². The van der Waals surface area contributed by atoms with Crippen molar-refractivity contribution in [3.05, 3.63) is 95.2 Å². The summed E-state index contributed by atoms with van der Waals surface area (Å²) in [6, 6.07) is 22.6. The van der Waals surface area contributed by atoms with E-state index in [2.05, 4.69) is 4.99 Å². The Morgan fingerprint density at radius 1 is 0.848 bits per heavy atom. The van der Waals surface area contributed by atoms with Crippen LogP contribution in [0.4, 0.5) is 0 Å². The maximum Gasteiger partial charge on any atom is 0.363 e. The Morgan fingerprint density at radius 3 is 2.33 bits per heavy atom. The van der Waals surface area contributed by atoms with E-state index >= 15 is 0 Å². The lowest BCUT2D eigenvalue weighted by Crippen LogP contribution is -2.10. The summed E-state index contributed by atoms with van der Waals surface area (Å²) in [6.07, 6.45) is 1.67. The van der Waals surface area contributed by atoms with Gasteiger partial charge in [0.05, 0.1) is 6.61 Å². The summed E-state index contributed by atoms with van der Waals surface area (Å²) >= 11 is 0. The molecular weight excluding hydrogens is 418 g/mol. The highest BCUT2D eigenvalue weighted by molar-refractivity contribution is 6.12. The maximum absolute atomic E-state index is 12.3. The number of aryl methyl sites for hydroxylation is 1. The first-order valence-electron chi connectivity index (χ1n) is 10.8. The van der Waals surface area contributed by atoms with Gasteiger partial charge in [-0.05, 0) is 61.4 Å². The van der Waals surface area contributed by atoms with E-state index in [0.717, 1.165) is 22.4 Å². The fraction of sp³-hybridized carbons (Fsp3) is 0.185. The maximum atomic E-state index is 12.3. The zero-order chi connectivity index (χ0) is 23.0. The smallest absolute Gasteiger partial charge is 0.363 e. The van der Waals surface area contributed by atoms with Crippen LogP contribution < -0.4 is 14.2 Å². The molecule has 0 N–H and O–H groups in total. The van der Waals surface area contributed by atoms with Crippen molar-refractivity contribution >= 4 is 17.9 Å². The molecule has 0 spiro atoms. The average molecular weight is 443 g/mol. The predicted molar refractivity (Wildman–Crippen MR) is 127 cm³/mol. The van der Waals surface area contributed by atoms with Crippen LogP contribution in [0.3, 0.4) is 0 Å². The molecular formula is C27H25NO5. The van der Waals surface area contributed by atoms with Gasteiger partial charge in [0.25, 0.3) is 0 Å². The van der Waals surface area contributed by atoms with Crippen molar-refractivity contribution in [1.82, 2.24) is 0 Å². The van der Waals surface area contributed by atoms with Gasteiger partial charge in [-0.1, -0.05) is 42.5 Å². The molecule has 0 aliphatic carbocycles. The van der Waals surface area contributed by atoms with Crippen molar-refractivity contribution in [3.8, 4) is 17.2 Å². The van der Waals surface area contributed by atoms with E-state index in [1.807, 2.05) is 86.6 Å². The van der Waals surface area contributed by atoms with Crippen molar-refractivity contribution < 1.29 is 23.7 Å². The van der Waals surface area contributed by atoms with E-state index in [9.17, 15) is 4.79 Å². The topological polar surface area (TPSA) is 66.4 Å². The van der Waals surface area contributed by atoms with Gasteiger partial charge in [0.1, 0.15) is 19.0 Å². The van der Waals surface area contributed by atoms with Gasteiger partial charge in [-0.2, -0.15) is 0 Å². The van der Waals surface area contributed by atoms with Crippen LogP contribution >= 0.6 is 0 Å². The molecule has 0 radical (unpaired) electrons. The number of hydrogen-bond donors (Lipinski definition) is 0. The molecule has 168 valence electrons. The molecule has 0 saturated heterocycles. The summed E-state index contributed by atoms with van der Waals surface area (Å²) in [6.45, 7) is 5.16. The molecule has 0 amide bonds. The Bertz CT molecular complexity index is 1180. The zero-order valence-corrected chi connectivity index (χ0v) is 18.6. The van der Waals surface area contributed by atoms with E-state index in [0.29, 0.717) is 37.2 Å². The lowest BCUT2D eigenvalue weighted by atomic mass is 10.1. The van der Waals surface area contributed by atoms with Crippen LogP contribution in [0, 0.1) is 6.92 Å². The molecule has 3 aromatic carbocycles. The van der Waals surface area contributed by atoms with Crippen molar-refractivity contribution in [1.29, 1.82) is 0 Å². The first-order valence-corrected chi connectivity index (χ1v) is 10.8. The van der Waals surface area contributed by atoms with Crippen LogP contribution in [0.1, 0.15) is 23.6 Å². The van der Waals surface area contributed by atoms with Crippen LogP contribution in [-0.2, 0) is 9.53 Å². The molecule has 4 rings (SSSR count). The van der Waals surface area contributed by atoms with Gasteiger partial charge in [-0.25, -0.2) is 9.79 Å². The van der Waals surface area contributed by atoms with E-state index < -0.39 is 5.97 Å². The number of benzene rings is 3. The third kappa shape index (κ3) is 5.60. The van der Waals surface area contributed by atoms with E-state index in [4.69, 9.17) is 18.9 Å². The molecule has 0 aromatic heterocycles. The number of esters is 1. The number of ether oxygens (including phenoxy) is 4. The highest BCUT2D eigenvalue weighted by atomic mass is 16.6. The van der Waals surface area contributed by atoms with Crippen molar-refractivity contribution in [2.75, 3.05) is 19.8 Å². The number of aliphatic imine (C=N–C) groups is 1. The fourth-order valence-corrected chi connectivity index (χ4v) is 3.29. The zero-order valence-electron chi connectivity index (χ0n) is 18.6. The molecule has 1 aliphatic heterocycles. The molecule has 1 heterocycles. The van der Waals surface area contributed by atoms with Gasteiger partial charge in [0, 0.05) is 5.56 Å². The van der Waals surface area contributed by atoms with Crippen molar-refractivity contribution in [2.24, 2.45) is 4.99 Å². The number of carbonyl (C=O) groups is 1. The number of hydrogen-bond acceptors (Lipinski definition) is 6. The summed E-state index contributed by atoms with van der Waals surface area (Å²) in [7, 11) is 0. The van der Waals surface area contributed by atoms with Gasteiger partial charge < -0.3 is 18.9 Å². The number of cyclic esters (lactones) is 1. The SMILES string of the molecule is CCOc1cc(C=C2N=C(c3ccccc3)OC2=O)ccc1OCCOc1ccccc1C. The molecule has 0 saturated carbocycles. The summed E-state index contributed by atoms with van der Waals surface area (Å²) in [5.41, 5.74) is 2.82. The summed E-state index contributed by atoms with van der Waals surface area (Å²) in [5, 5.41) is 0. The van der Waals surface area contributed by atoms with Crippen LogP contribution in [-0.4, -0.2) is 31.7 Å². The Labute approximate surface area is 193 Å². The molecule has 0 unspecified atom stereocenters. The Hall–Kier alpha value is -4.06. The molecule has 0 atom stereocenters. The third-order valence-electron chi connectivity index (χ3n) is 4.90. The monoisotopic (exact) mass is 443 g/mol. The minimum Gasteiger partial charge on any atom is -0.490 e. The summed E-state index contributed by atoms with van der Waals surface area (Å²) in [4.78, 5) is 16.6. The van der Waals surface area contributed by atoms with Crippen LogP contribution in [0.2, 0.25) is 0 Å². The van der Waals surface area contributed by atoms with Crippen LogP contribution in [0.5, 0.6) is 17.2 Å². The lowest BCUT2D eigenvalue weighted by Gasteiger charge is -2.14. The third-order valence-corrected chi connectivity index (χ3v) is 4.90. The van der Waals surface area contributed by atoms with Crippen molar-refractivity contribution in [2.45, 2.75) is 13.8 Å². The first kappa shape index (κ1) is 22.1. The van der Waals surface area contributed by atoms with Crippen LogP contribution in [0.15, 0.2) is 83.5 Å². The Kier molecular flexibility index (Phi) is 7.05. The quantitative estimate of drug-likeness (QED) is 0.258. The second-order valence-electron chi connectivity index (χ2n) is 7.30. The summed E-state index contributed by atoms with van der Waals surface area (Å²) < 4.78 is 22.7.